The van der Waals surface area contributed by atoms with E-state index in [4.69, 9.17) is 5.11 Å². The average Bonchev–Trinajstić information content (AvgIpc) is 2.42. The number of carboxylic acid groups (broad SMARTS) is 1. The van der Waals surface area contributed by atoms with Crippen LogP contribution in [0.2, 0.25) is 0 Å². The third-order valence-electron chi connectivity index (χ3n) is 2.43. The highest BCUT2D eigenvalue weighted by molar-refractivity contribution is 6.42. The van der Waals surface area contributed by atoms with E-state index < -0.39 is 5.97 Å². The molecule has 0 aliphatic carbocycles. The molecule has 0 amide bonds. The Balaban J connectivity index is 2.29. The summed E-state index contributed by atoms with van der Waals surface area (Å²) in [6.07, 6.45) is 0. The number of nitrogens with one attached hydrogen (secondary N) is 1. The molecule has 0 fully saturated rings. The zero-order valence-corrected chi connectivity index (χ0v) is 9.91. The highest BCUT2D eigenvalue weighted by Crippen LogP contribution is 2.18. The third-order valence-corrected chi connectivity index (χ3v) is 2.43. The van der Waals surface area contributed by atoms with E-state index in [1.54, 1.807) is 42.5 Å². The van der Waals surface area contributed by atoms with E-state index in [-0.39, 0.29) is 17.1 Å². The van der Waals surface area contributed by atoms with Crippen molar-refractivity contribution >= 4 is 17.4 Å². The molecule has 19 heavy (non-hydrogen) atoms. The first kappa shape index (κ1) is 12.6. The summed E-state index contributed by atoms with van der Waals surface area (Å²) in [6.45, 7) is 0. The van der Waals surface area contributed by atoms with E-state index in [0.717, 1.165) is 0 Å². The number of hydrogen-bond donors (Lipinski definition) is 2. The Labute approximate surface area is 109 Å². The van der Waals surface area contributed by atoms with Gasteiger partial charge in [-0.05, 0) is 6.07 Å². The lowest BCUT2D eigenvalue weighted by Crippen LogP contribution is -2.16. The predicted octanol–water partition coefficient (Wildman–Crippen LogP) is 1.66. The van der Waals surface area contributed by atoms with Gasteiger partial charge in [0.15, 0.2) is 5.71 Å². The molecule has 5 heteroatoms. The molecule has 0 radical (unpaired) electrons. The Hall–Kier alpha value is -2.82. The van der Waals surface area contributed by atoms with Crippen LogP contribution in [0.25, 0.3) is 0 Å². The van der Waals surface area contributed by atoms with Crippen molar-refractivity contribution in [1.29, 1.82) is 0 Å². The van der Waals surface area contributed by atoms with Crippen molar-refractivity contribution in [3.05, 3.63) is 60.2 Å². The second-order valence-corrected chi connectivity index (χ2v) is 3.74. The van der Waals surface area contributed by atoms with Crippen molar-refractivity contribution in [3.63, 3.8) is 0 Å². The van der Waals surface area contributed by atoms with Gasteiger partial charge in [-0.1, -0.05) is 54.3 Å². The molecule has 2 aromatic rings. The molecule has 2 rings (SSSR count). The van der Waals surface area contributed by atoms with Crippen molar-refractivity contribution in [3.8, 4) is 5.75 Å². The lowest BCUT2D eigenvalue weighted by Gasteiger charge is -2.12. The number of para-hydroxylation sites is 2. The maximum atomic E-state index is 11.5. The van der Waals surface area contributed by atoms with Gasteiger partial charge in [-0.25, -0.2) is 4.79 Å². The maximum Gasteiger partial charge on any atom is 0.356 e. The monoisotopic (exact) mass is 255 g/mol. The fourth-order valence-electron chi connectivity index (χ4n) is 1.51. The van der Waals surface area contributed by atoms with Gasteiger partial charge < -0.3 is 10.2 Å². The topological polar surface area (TPSA) is 84.8 Å². The Kier molecular flexibility index (Phi) is 3.78. The van der Waals surface area contributed by atoms with E-state index in [2.05, 4.69) is 10.5 Å². The van der Waals surface area contributed by atoms with Crippen LogP contribution in [0.4, 0.5) is 5.69 Å². The number of anilines is 1. The number of rotatable bonds is 4. The SMILES string of the molecule is O=C(O)C(=NNc1ccccc1[O-])c1ccccc1. The van der Waals surface area contributed by atoms with Crippen LogP contribution < -0.4 is 10.5 Å². The van der Waals surface area contributed by atoms with E-state index >= 15 is 0 Å². The summed E-state index contributed by atoms with van der Waals surface area (Å²) in [5.74, 6) is -1.41. The molecule has 96 valence electrons. The first-order chi connectivity index (χ1) is 9.18. The molecule has 0 bridgehead atoms. The van der Waals surface area contributed by atoms with Gasteiger partial charge in [0, 0.05) is 11.3 Å². The second kappa shape index (κ2) is 5.68. The van der Waals surface area contributed by atoms with Crippen molar-refractivity contribution in [2.75, 3.05) is 5.43 Å². The normalized spacial score (nSPS) is 11.1. The molecule has 0 spiro atoms. The molecule has 5 nitrogen and oxygen atoms in total. The van der Waals surface area contributed by atoms with Gasteiger partial charge in [0.2, 0.25) is 0 Å². The Bertz CT molecular complexity index is 609. The smallest absolute Gasteiger partial charge is 0.356 e. The molecule has 0 atom stereocenters. The quantitative estimate of drug-likeness (QED) is 0.642. The minimum atomic E-state index is -1.16. The minimum Gasteiger partial charge on any atom is -0.871 e. The summed E-state index contributed by atoms with van der Waals surface area (Å²) >= 11 is 0. The van der Waals surface area contributed by atoms with Gasteiger partial charge in [0.05, 0.1) is 0 Å². The summed E-state index contributed by atoms with van der Waals surface area (Å²) in [6, 6.07) is 14.7. The number of aliphatic carboxylic acids is 1. The zero-order chi connectivity index (χ0) is 13.7. The van der Waals surface area contributed by atoms with Gasteiger partial charge in [-0.2, -0.15) is 5.10 Å². The van der Waals surface area contributed by atoms with Crippen LogP contribution in [-0.4, -0.2) is 16.8 Å². The maximum absolute atomic E-state index is 11.5. The van der Waals surface area contributed by atoms with E-state index in [1.165, 1.54) is 12.1 Å². The number of carbonyl (C=O) groups is 1. The minimum absolute atomic E-state index is 0.149. The molecular formula is C14H11N2O3-. The van der Waals surface area contributed by atoms with Crippen molar-refractivity contribution in [2.45, 2.75) is 0 Å². The van der Waals surface area contributed by atoms with Crippen LogP contribution >= 0.6 is 0 Å². The fraction of sp³-hybridized carbons (Fsp3) is 0. The number of hydrazone groups is 1. The number of nitrogens with zero attached hydrogens (tertiary/aromatic N) is 1. The molecule has 0 aliphatic heterocycles. The summed E-state index contributed by atoms with van der Waals surface area (Å²) in [5.41, 5.74) is 3.04. The predicted molar refractivity (Wildman–Crippen MR) is 70.1 cm³/mol. The van der Waals surface area contributed by atoms with Crippen LogP contribution in [0.15, 0.2) is 59.7 Å². The fourth-order valence-corrected chi connectivity index (χ4v) is 1.51. The standard InChI is InChI=1S/C14H12N2O3/c17-12-9-5-4-8-11(12)15-16-13(14(18)19)10-6-2-1-3-7-10/h1-9,15,17H,(H,18,19)/p-1. The largest absolute Gasteiger partial charge is 0.871 e. The van der Waals surface area contributed by atoms with Crippen LogP contribution in [0.3, 0.4) is 0 Å². The molecule has 0 saturated heterocycles. The highest BCUT2D eigenvalue weighted by Gasteiger charge is 2.11. The van der Waals surface area contributed by atoms with Crippen molar-refractivity contribution in [1.82, 2.24) is 0 Å². The average molecular weight is 255 g/mol. The molecular weight excluding hydrogens is 244 g/mol. The third kappa shape index (κ3) is 3.10. The van der Waals surface area contributed by atoms with Crippen molar-refractivity contribution < 1.29 is 15.0 Å². The van der Waals surface area contributed by atoms with Crippen LogP contribution in [0.1, 0.15) is 5.56 Å². The van der Waals surface area contributed by atoms with E-state index in [1.807, 2.05) is 0 Å². The first-order valence-electron chi connectivity index (χ1n) is 5.57. The number of carboxylic acids is 1. The Morgan fingerprint density at radius 1 is 1.05 bits per heavy atom. The lowest BCUT2D eigenvalue weighted by molar-refractivity contribution is -0.267. The van der Waals surface area contributed by atoms with Gasteiger partial charge >= 0.3 is 5.97 Å². The van der Waals surface area contributed by atoms with Crippen LogP contribution in [0.5, 0.6) is 5.75 Å². The Morgan fingerprint density at radius 2 is 1.68 bits per heavy atom. The van der Waals surface area contributed by atoms with E-state index in [0.29, 0.717) is 5.56 Å². The van der Waals surface area contributed by atoms with Crippen LogP contribution in [0, 0.1) is 0 Å². The summed E-state index contributed by atoms with van der Waals surface area (Å²) < 4.78 is 0. The van der Waals surface area contributed by atoms with Gasteiger partial charge in [-0.3, -0.25) is 5.43 Å². The molecule has 2 N–H and O–H groups in total. The first-order valence-corrected chi connectivity index (χ1v) is 5.57. The van der Waals surface area contributed by atoms with Crippen LogP contribution in [-0.2, 0) is 4.79 Å². The second-order valence-electron chi connectivity index (χ2n) is 3.74. The highest BCUT2D eigenvalue weighted by atomic mass is 16.4. The van der Waals surface area contributed by atoms with Gasteiger partial charge in [0.25, 0.3) is 0 Å². The molecule has 0 heterocycles. The summed E-state index contributed by atoms with van der Waals surface area (Å²) in [5, 5.41) is 24.4. The van der Waals surface area contributed by atoms with Gasteiger partial charge in [-0.15, -0.1) is 0 Å². The summed E-state index contributed by atoms with van der Waals surface area (Å²) in [7, 11) is 0. The molecule has 0 saturated carbocycles. The Morgan fingerprint density at radius 3 is 2.32 bits per heavy atom. The molecule has 2 aromatic carbocycles. The molecule has 0 unspecified atom stereocenters. The molecule has 0 aliphatic rings. The van der Waals surface area contributed by atoms with E-state index in [9.17, 15) is 9.90 Å². The summed E-state index contributed by atoms with van der Waals surface area (Å²) in [4.78, 5) is 11.2. The number of hydrogen-bond acceptors (Lipinski definition) is 4. The number of benzene rings is 2. The zero-order valence-electron chi connectivity index (χ0n) is 9.91. The van der Waals surface area contributed by atoms with Crippen molar-refractivity contribution in [2.24, 2.45) is 5.10 Å². The molecule has 0 aromatic heterocycles. The van der Waals surface area contributed by atoms with Gasteiger partial charge in [0.1, 0.15) is 0 Å². The lowest BCUT2D eigenvalue weighted by atomic mass is 10.1.